The molecule has 0 aliphatic carbocycles. The van der Waals surface area contributed by atoms with Gasteiger partial charge in [0.15, 0.2) is 0 Å². The zero-order valence-electron chi connectivity index (χ0n) is 9.93. The van der Waals surface area contributed by atoms with E-state index in [1.54, 1.807) is 13.0 Å². The lowest BCUT2D eigenvalue weighted by Crippen LogP contribution is -2.38. The molecule has 0 N–H and O–H groups in total. The van der Waals surface area contributed by atoms with Crippen molar-refractivity contribution in [3.63, 3.8) is 0 Å². The second-order valence-corrected chi connectivity index (χ2v) is 8.22. The molecule has 1 aliphatic heterocycles. The number of aryl methyl sites for hydroxylation is 1. The van der Waals surface area contributed by atoms with Crippen LogP contribution in [0.2, 0.25) is 4.34 Å². The van der Waals surface area contributed by atoms with Gasteiger partial charge >= 0.3 is 0 Å². The van der Waals surface area contributed by atoms with Crippen LogP contribution in [0.15, 0.2) is 10.3 Å². The highest BCUT2D eigenvalue weighted by Gasteiger charge is 2.30. The van der Waals surface area contributed by atoms with E-state index in [1.165, 1.54) is 4.31 Å². The number of hydrogen-bond acceptors (Lipinski definition) is 4. The van der Waals surface area contributed by atoms with Crippen molar-refractivity contribution in [2.24, 2.45) is 5.92 Å². The maximum absolute atomic E-state index is 12.3. The van der Waals surface area contributed by atoms with Gasteiger partial charge in [-0.15, -0.1) is 11.3 Å². The van der Waals surface area contributed by atoms with Crippen molar-refractivity contribution in [1.29, 1.82) is 0 Å². The van der Waals surface area contributed by atoms with Crippen LogP contribution in [0.1, 0.15) is 18.4 Å². The molecule has 1 aromatic rings. The maximum atomic E-state index is 12.3. The number of rotatable bonds is 3. The molecule has 2 heterocycles. The van der Waals surface area contributed by atoms with Crippen molar-refractivity contribution in [3.8, 4) is 0 Å². The van der Waals surface area contributed by atoms with E-state index in [0.717, 1.165) is 23.2 Å². The Kier molecular flexibility index (Phi) is 4.11. The summed E-state index contributed by atoms with van der Waals surface area (Å²) in [5, 5.41) is 0. The van der Waals surface area contributed by atoms with Crippen LogP contribution < -0.4 is 0 Å². The Morgan fingerprint density at radius 1 is 1.44 bits per heavy atom. The molecule has 0 radical (unpaired) electrons. The molecule has 2 rings (SSSR count). The largest absolute Gasteiger partial charge is 0.303 e. The number of sulfonamides is 1. The Balaban J connectivity index is 2.19. The minimum atomic E-state index is -3.44. The van der Waals surface area contributed by atoms with Crippen LogP contribution in [0.5, 0.6) is 0 Å². The van der Waals surface area contributed by atoms with Crippen LogP contribution in [-0.2, 0) is 14.8 Å². The van der Waals surface area contributed by atoms with Crippen LogP contribution in [0.4, 0.5) is 0 Å². The number of nitrogens with zero attached hydrogens (tertiary/aromatic N) is 1. The quantitative estimate of drug-likeness (QED) is 0.805. The van der Waals surface area contributed by atoms with Gasteiger partial charge in [-0.25, -0.2) is 8.42 Å². The minimum absolute atomic E-state index is 0.00916. The summed E-state index contributed by atoms with van der Waals surface area (Å²) in [7, 11) is -3.44. The van der Waals surface area contributed by atoms with Crippen molar-refractivity contribution in [3.05, 3.63) is 16.0 Å². The van der Waals surface area contributed by atoms with E-state index in [4.69, 9.17) is 11.6 Å². The van der Waals surface area contributed by atoms with Gasteiger partial charge in [0, 0.05) is 19.0 Å². The van der Waals surface area contributed by atoms with Crippen molar-refractivity contribution >= 4 is 39.2 Å². The molecule has 18 heavy (non-hydrogen) atoms. The summed E-state index contributed by atoms with van der Waals surface area (Å²) in [6, 6.07) is 1.61. The van der Waals surface area contributed by atoms with Crippen molar-refractivity contribution in [1.82, 2.24) is 4.31 Å². The first-order valence-electron chi connectivity index (χ1n) is 5.66. The van der Waals surface area contributed by atoms with Gasteiger partial charge in [0.2, 0.25) is 0 Å². The van der Waals surface area contributed by atoms with Crippen molar-refractivity contribution in [2.75, 3.05) is 13.1 Å². The highest BCUT2D eigenvalue weighted by molar-refractivity contribution is 7.91. The van der Waals surface area contributed by atoms with E-state index in [0.29, 0.717) is 30.3 Å². The molecule has 0 unspecified atom stereocenters. The van der Waals surface area contributed by atoms with Crippen LogP contribution in [0, 0.1) is 12.8 Å². The molecular formula is C11H14ClNO3S2. The number of carbonyl (C=O) groups excluding carboxylic acids is 1. The monoisotopic (exact) mass is 307 g/mol. The number of hydrogen-bond donors (Lipinski definition) is 0. The predicted octanol–water partition coefficient (Wildman–Crippen LogP) is 2.31. The average Bonchev–Trinajstić information content (AvgIpc) is 2.70. The van der Waals surface area contributed by atoms with E-state index in [1.807, 2.05) is 0 Å². The van der Waals surface area contributed by atoms with E-state index < -0.39 is 10.0 Å². The summed E-state index contributed by atoms with van der Waals surface area (Å²) in [6.07, 6.45) is 2.11. The molecule has 7 heteroatoms. The first kappa shape index (κ1) is 14.0. The summed E-state index contributed by atoms with van der Waals surface area (Å²) < 4.78 is 26.9. The summed E-state index contributed by atoms with van der Waals surface area (Å²) >= 11 is 7.00. The van der Waals surface area contributed by atoms with E-state index in [9.17, 15) is 13.2 Å². The first-order valence-corrected chi connectivity index (χ1v) is 8.30. The van der Waals surface area contributed by atoms with Gasteiger partial charge in [-0.3, -0.25) is 0 Å². The van der Waals surface area contributed by atoms with E-state index in [2.05, 4.69) is 0 Å². The number of thiophene rings is 1. The first-order chi connectivity index (χ1) is 8.45. The molecule has 0 amide bonds. The summed E-state index contributed by atoms with van der Waals surface area (Å²) in [4.78, 5) is 10.7. The zero-order valence-corrected chi connectivity index (χ0v) is 12.3. The molecular weight excluding hydrogens is 294 g/mol. The molecule has 0 bridgehead atoms. The van der Waals surface area contributed by atoms with E-state index >= 15 is 0 Å². The van der Waals surface area contributed by atoms with Crippen LogP contribution in [-0.4, -0.2) is 32.1 Å². The van der Waals surface area contributed by atoms with Crippen LogP contribution in [0.3, 0.4) is 0 Å². The fourth-order valence-electron chi connectivity index (χ4n) is 1.94. The molecule has 1 aliphatic rings. The molecule has 1 fully saturated rings. The number of halogens is 1. The van der Waals surface area contributed by atoms with Crippen LogP contribution >= 0.6 is 22.9 Å². The number of piperidine rings is 1. The molecule has 0 saturated carbocycles. The Bertz CT molecular complexity index is 525. The number of aldehydes is 1. The standard InChI is InChI=1S/C11H14ClNO3S2/c1-8-6-10(17-11(8)12)18(15,16)13-4-2-9(7-14)3-5-13/h6-7,9H,2-5H2,1H3. The molecule has 0 spiro atoms. The SMILES string of the molecule is Cc1cc(S(=O)(=O)N2CCC(C=O)CC2)sc1Cl. The Labute approximate surface area is 116 Å². The van der Waals surface area contributed by atoms with Gasteiger partial charge in [0.25, 0.3) is 10.0 Å². The molecule has 100 valence electrons. The summed E-state index contributed by atoms with van der Waals surface area (Å²) in [6.45, 7) is 2.59. The molecule has 1 aromatic heterocycles. The van der Waals surface area contributed by atoms with E-state index in [-0.39, 0.29) is 10.1 Å². The zero-order chi connectivity index (χ0) is 13.3. The lowest BCUT2D eigenvalue weighted by Gasteiger charge is -2.28. The molecule has 0 aromatic carbocycles. The van der Waals surface area contributed by atoms with Gasteiger partial charge in [-0.05, 0) is 31.4 Å². The molecule has 0 atom stereocenters. The average molecular weight is 308 g/mol. The highest BCUT2D eigenvalue weighted by atomic mass is 35.5. The third-order valence-electron chi connectivity index (χ3n) is 3.12. The third-order valence-corrected chi connectivity index (χ3v) is 7.02. The predicted molar refractivity (Wildman–Crippen MR) is 71.6 cm³/mol. The second kappa shape index (κ2) is 5.28. The second-order valence-electron chi connectivity index (χ2n) is 4.40. The van der Waals surface area contributed by atoms with Crippen molar-refractivity contribution < 1.29 is 13.2 Å². The normalized spacial score (nSPS) is 19.0. The Morgan fingerprint density at radius 2 is 2.06 bits per heavy atom. The summed E-state index contributed by atoms with van der Waals surface area (Å²) in [5.41, 5.74) is 0.781. The van der Waals surface area contributed by atoms with Crippen LogP contribution in [0.25, 0.3) is 0 Å². The smallest absolute Gasteiger partial charge is 0.252 e. The lowest BCUT2D eigenvalue weighted by atomic mass is 10.0. The van der Waals surface area contributed by atoms with Gasteiger partial charge in [-0.2, -0.15) is 4.31 Å². The topological polar surface area (TPSA) is 54.5 Å². The van der Waals surface area contributed by atoms with Gasteiger partial charge < -0.3 is 4.79 Å². The number of carbonyl (C=O) groups is 1. The Morgan fingerprint density at radius 3 is 2.50 bits per heavy atom. The summed E-state index contributed by atoms with van der Waals surface area (Å²) in [5.74, 6) is -0.00916. The molecule has 1 saturated heterocycles. The third kappa shape index (κ3) is 2.61. The fourth-order valence-corrected chi connectivity index (χ4v) is 5.27. The van der Waals surface area contributed by atoms with Gasteiger partial charge in [-0.1, -0.05) is 11.6 Å². The highest BCUT2D eigenvalue weighted by Crippen LogP contribution is 2.33. The van der Waals surface area contributed by atoms with Crippen molar-refractivity contribution in [2.45, 2.75) is 24.0 Å². The lowest BCUT2D eigenvalue weighted by molar-refractivity contribution is -0.112. The Hall–Kier alpha value is -0.430. The maximum Gasteiger partial charge on any atom is 0.252 e. The van der Waals surface area contributed by atoms with Gasteiger partial charge in [0.05, 0.1) is 4.34 Å². The van der Waals surface area contributed by atoms with Gasteiger partial charge in [0.1, 0.15) is 10.5 Å². The fraction of sp³-hybridized carbons (Fsp3) is 0.545. The molecule has 4 nitrogen and oxygen atoms in total. The minimum Gasteiger partial charge on any atom is -0.303 e.